The SMILES string of the molecule is FC(F)(F)C1(C2CCNCC2)CCCC1. The highest BCUT2D eigenvalue weighted by Crippen LogP contribution is 2.57. The van der Waals surface area contributed by atoms with E-state index in [1.807, 2.05) is 0 Å². The average Bonchev–Trinajstić information content (AvgIpc) is 2.68. The van der Waals surface area contributed by atoms with Crippen LogP contribution in [0.5, 0.6) is 0 Å². The maximum absolute atomic E-state index is 13.2. The quantitative estimate of drug-likeness (QED) is 0.717. The molecule has 0 radical (unpaired) electrons. The lowest BCUT2D eigenvalue weighted by molar-refractivity contribution is -0.243. The van der Waals surface area contributed by atoms with Gasteiger partial charge in [-0.2, -0.15) is 13.2 Å². The average molecular weight is 221 g/mol. The molecule has 0 aromatic rings. The molecule has 0 aromatic heterocycles. The summed E-state index contributed by atoms with van der Waals surface area (Å²) in [7, 11) is 0. The standard InChI is InChI=1S/C11H18F3N/c12-11(13,14)10(5-1-2-6-10)9-3-7-15-8-4-9/h9,15H,1-8H2. The summed E-state index contributed by atoms with van der Waals surface area (Å²) in [5.74, 6) is -0.138. The number of hydrogen-bond donors (Lipinski definition) is 1. The second-order valence-corrected chi connectivity index (χ2v) is 4.89. The van der Waals surface area contributed by atoms with E-state index < -0.39 is 11.6 Å². The first-order chi connectivity index (χ1) is 7.06. The Morgan fingerprint density at radius 2 is 1.53 bits per heavy atom. The van der Waals surface area contributed by atoms with Crippen molar-refractivity contribution in [2.75, 3.05) is 13.1 Å². The highest BCUT2D eigenvalue weighted by molar-refractivity contribution is 4.97. The van der Waals surface area contributed by atoms with Crippen LogP contribution in [0.4, 0.5) is 13.2 Å². The molecule has 1 N–H and O–H groups in total. The molecule has 2 rings (SSSR count). The van der Waals surface area contributed by atoms with Gasteiger partial charge >= 0.3 is 6.18 Å². The number of piperidine rings is 1. The smallest absolute Gasteiger partial charge is 0.317 e. The summed E-state index contributed by atoms with van der Waals surface area (Å²) in [4.78, 5) is 0. The molecular weight excluding hydrogens is 203 g/mol. The summed E-state index contributed by atoms with van der Waals surface area (Å²) in [5.41, 5.74) is -1.34. The molecule has 0 spiro atoms. The van der Waals surface area contributed by atoms with Gasteiger partial charge in [-0.1, -0.05) is 12.8 Å². The number of nitrogens with one attached hydrogen (secondary N) is 1. The van der Waals surface area contributed by atoms with Crippen LogP contribution in [0.1, 0.15) is 38.5 Å². The largest absolute Gasteiger partial charge is 0.394 e. The predicted molar refractivity (Wildman–Crippen MR) is 52.5 cm³/mol. The topological polar surface area (TPSA) is 12.0 Å². The van der Waals surface area contributed by atoms with Crippen LogP contribution in [-0.2, 0) is 0 Å². The van der Waals surface area contributed by atoms with Crippen molar-refractivity contribution in [2.45, 2.75) is 44.7 Å². The van der Waals surface area contributed by atoms with E-state index in [1.165, 1.54) is 0 Å². The van der Waals surface area contributed by atoms with Gasteiger partial charge in [0.1, 0.15) is 0 Å². The van der Waals surface area contributed by atoms with E-state index in [0.717, 1.165) is 25.9 Å². The molecule has 0 bridgehead atoms. The van der Waals surface area contributed by atoms with Gasteiger partial charge in [-0.25, -0.2) is 0 Å². The highest BCUT2D eigenvalue weighted by atomic mass is 19.4. The Hall–Kier alpha value is -0.250. The highest BCUT2D eigenvalue weighted by Gasteiger charge is 2.59. The van der Waals surface area contributed by atoms with Crippen LogP contribution in [0.25, 0.3) is 0 Å². The Balaban J connectivity index is 2.17. The minimum Gasteiger partial charge on any atom is -0.317 e. The van der Waals surface area contributed by atoms with E-state index in [9.17, 15) is 13.2 Å². The summed E-state index contributed by atoms with van der Waals surface area (Å²) in [5, 5.41) is 3.14. The molecule has 1 aliphatic carbocycles. The van der Waals surface area contributed by atoms with Crippen molar-refractivity contribution in [2.24, 2.45) is 11.3 Å². The third-order valence-electron chi connectivity index (χ3n) is 4.18. The zero-order valence-electron chi connectivity index (χ0n) is 8.87. The van der Waals surface area contributed by atoms with E-state index in [-0.39, 0.29) is 5.92 Å². The van der Waals surface area contributed by atoms with Gasteiger partial charge in [-0.15, -0.1) is 0 Å². The number of rotatable bonds is 1. The van der Waals surface area contributed by atoms with Crippen LogP contribution < -0.4 is 5.32 Å². The molecule has 0 unspecified atom stereocenters. The molecule has 2 fully saturated rings. The Kier molecular flexibility index (Phi) is 2.97. The zero-order valence-corrected chi connectivity index (χ0v) is 8.87. The fraction of sp³-hybridized carbons (Fsp3) is 1.00. The number of hydrogen-bond acceptors (Lipinski definition) is 1. The summed E-state index contributed by atoms with van der Waals surface area (Å²) < 4.78 is 39.5. The van der Waals surface area contributed by atoms with Crippen LogP contribution in [0.2, 0.25) is 0 Å². The molecule has 1 saturated heterocycles. The van der Waals surface area contributed by atoms with Gasteiger partial charge in [0.15, 0.2) is 0 Å². The molecule has 15 heavy (non-hydrogen) atoms. The maximum atomic E-state index is 13.2. The van der Waals surface area contributed by atoms with Crippen molar-refractivity contribution in [3.8, 4) is 0 Å². The van der Waals surface area contributed by atoms with E-state index in [2.05, 4.69) is 5.32 Å². The van der Waals surface area contributed by atoms with Gasteiger partial charge in [0.25, 0.3) is 0 Å². The van der Waals surface area contributed by atoms with Crippen LogP contribution in [0, 0.1) is 11.3 Å². The van der Waals surface area contributed by atoms with E-state index in [0.29, 0.717) is 25.7 Å². The lowest BCUT2D eigenvalue weighted by Crippen LogP contribution is -2.46. The Morgan fingerprint density at radius 3 is 2.00 bits per heavy atom. The van der Waals surface area contributed by atoms with Crippen LogP contribution >= 0.6 is 0 Å². The van der Waals surface area contributed by atoms with Gasteiger partial charge in [-0.05, 0) is 44.7 Å². The van der Waals surface area contributed by atoms with E-state index in [1.54, 1.807) is 0 Å². The molecule has 1 heterocycles. The normalized spacial score (nSPS) is 28.2. The molecule has 1 aliphatic heterocycles. The van der Waals surface area contributed by atoms with Gasteiger partial charge in [-0.3, -0.25) is 0 Å². The Labute approximate surface area is 88.4 Å². The van der Waals surface area contributed by atoms with Crippen molar-refractivity contribution in [3.63, 3.8) is 0 Å². The monoisotopic (exact) mass is 221 g/mol. The fourth-order valence-electron chi connectivity index (χ4n) is 3.30. The lowest BCUT2D eigenvalue weighted by Gasteiger charge is -2.41. The number of alkyl halides is 3. The molecule has 0 atom stereocenters. The van der Waals surface area contributed by atoms with E-state index >= 15 is 0 Å². The van der Waals surface area contributed by atoms with Crippen molar-refractivity contribution in [1.82, 2.24) is 5.32 Å². The third-order valence-corrected chi connectivity index (χ3v) is 4.18. The molecule has 1 nitrogen and oxygen atoms in total. The van der Waals surface area contributed by atoms with Crippen molar-refractivity contribution >= 4 is 0 Å². The van der Waals surface area contributed by atoms with Crippen molar-refractivity contribution in [1.29, 1.82) is 0 Å². The first-order valence-corrected chi connectivity index (χ1v) is 5.84. The predicted octanol–water partition coefficient (Wildman–Crippen LogP) is 3.11. The molecule has 4 heteroatoms. The summed E-state index contributed by atoms with van der Waals surface area (Å²) in [6.45, 7) is 1.50. The first kappa shape index (κ1) is 11.2. The van der Waals surface area contributed by atoms with Crippen LogP contribution in [0.15, 0.2) is 0 Å². The second kappa shape index (κ2) is 3.96. The Morgan fingerprint density at radius 1 is 1.00 bits per heavy atom. The van der Waals surface area contributed by atoms with Gasteiger partial charge in [0.05, 0.1) is 5.41 Å². The fourth-order valence-corrected chi connectivity index (χ4v) is 3.30. The number of halogens is 3. The van der Waals surface area contributed by atoms with Crippen molar-refractivity contribution in [3.05, 3.63) is 0 Å². The summed E-state index contributed by atoms with van der Waals surface area (Å²) in [6, 6.07) is 0. The van der Waals surface area contributed by atoms with Crippen LogP contribution in [0.3, 0.4) is 0 Å². The summed E-state index contributed by atoms with van der Waals surface area (Å²) in [6.07, 6.45) is -0.375. The minimum absolute atomic E-state index is 0.138. The molecule has 2 aliphatic rings. The maximum Gasteiger partial charge on any atom is 0.394 e. The van der Waals surface area contributed by atoms with Gasteiger partial charge in [0, 0.05) is 0 Å². The second-order valence-electron chi connectivity index (χ2n) is 4.89. The minimum atomic E-state index is -3.99. The van der Waals surface area contributed by atoms with Gasteiger partial charge < -0.3 is 5.32 Å². The van der Waals surface area contributed by atoms with E-state index in [4.69, 9.17) is 0 Å². The molecule has 1 saturated carbocycles. The zero-order chi connectivity index (χ0) is 10.9. The molecule has 88 valence electrons. The molecular formula is C11H18F3N. The molecule has 0 aromatic carbocycles. The van der Waals surface area contributed by atoms with Gasteiger partial charge in [0.2, 0.25) is 0 Å². The lowest BCUT2D eigenvalue weighted by atomic mass is 9.69. The Bertz CT molecular complexity index is 212. The summed E-state index contributed by atoms with van der Waals surface area (Å²) >= 11 is 0. The first-order valence-electron chi connectivity index (χ1n) is 5.84. The van der Waals surface area contributed by atoms with Crippen LogP contribution in [-0.4, -0.2) is 19.3 Å². The van der Waals surface area contributed by atoms with Crippen molar-refractivity contribution < 1.29 is 13.2 Å². The third kappa shape index (κ3) is 1.88. The molecule has 0 amide bonds.